The lowest BCUT2D eigenvalue weighted by Gasteiger charge is -2.13. The summed E-state index contributed by atoms with van der Waals surface area (Å²) in [5, 5.41) is 7.44. The maximum Gasteiger partial charge on any atom is 0.442 e. The number of aromatic nitrogens is 2. The van der Waals surface area contributed by atoms with Crippen LogP contribution in [0.1, 0.15) is 13.3 Å². The zero-order valence-electron chi connectivity index (χ0n) is 17.1. The van der Waals surface area contributed by atoms with Gasteiger partial charge in [0.15, 0.2) is 0 Å². The first kappa shape index (κ1) is 20.7. The maximum absolute atomic E-state index is 13.1. The van der Waals surface area contributed by atoms with Crippen LogP contribution in [-0.2, 0) is 4.79 Å². The van der Waals surface area contributed by atoms with Crippen LogP contribution in [0, 0.1) is 0 Å². The smallest absolute Gasteiger partial charge is 0.442 e. The van der Waals surface area contributed by atoms with Gasteiger partial charge in [-0.2, -0.15) is 0 Å². The normalized spacial score (nSPS) is 11.9. The maximum atomic E-state index is 13.1. The Hall–Kier alpha value is -3.52. The molecule has 0 spiro atoms. The second kappa shape index (κ2) is 9.09. The molecule has 1 amide bonds. The van der Waals surface area contributed by atoms with E-state index in [1.165, 1.54) is 16.4 Å². The van der Waals surface area contributed by atoms with Gasteiger partial charge in [0.2, 0.25) is 11.6 Å². The lowest BCUT2D eigenvalue weighted by molar-refractivity contribution is -0.704. The van der Waals surface area contributed by atoms with Gasteiger partial charge < -0.3 is 10.1 Å². The number of nitrogens with zero attached hydrogens (tertiary/aromatic N) is 1. The van der Waals surface area contributed by atoms with E-state index in [2.05, 4.69) is 10.6 Å². The Morgan fingerprint density at radius 1 is 1.13 bits per heavy atom. The number of methoxy groups -OCH3 is 1. The number of amides is 1. The molecule has 1 unspecified atom stereocenters. The van der Waals surface area contributed by atoms with Crippen molar-refractivity contribution in [3.8, 4) is 11.4 Å². The number of hydrogen-bond donors (Lipinski definition) is 2. The van der Waals surface area contributed by atoms with Crippen molar-refractivity contribution in [2.45, 2.75) is 23.6 Å². The van der Waals surface area contributed by atoms with E-state index in [4.69, 9.17) is 9.26 Å². The SMILES string of the molecule is CCC(Sc1c(=O)o[nH][n+]1-c1ccc(OC)cc1)C(=O)Nc1cccc2ccccc12. The summed E-state index contributed by atoms with van der Waals surface area (Å²) in [6, 6.07) is 20.8. The highest BCUT2D eigenvalue weighted by Crippen LogP contribution is 2.26. The molecular formula is C23H22N3O4S+. The summed E-state index contributed by atoms with van der Waals surface area (Å²) in [5.74, 6) is 0.524. The highest BCUT2D eigenvalue weighted by molar-refractivity contribution is 8.00. The van der Waals surface area contributed by atoms with Crippen molar-refractivity contribution in [3.05, 3.63) is 77.2 Å². The van der Waals surface area contributed by atoms with Gasteiger partial charge >= 0.3 is 10.7 Å². The van der Waals surface area contributed by atoms with E-state index in [9.17, 15) is 9.59 Å². The third kappa shape index (κ3) is 4.34. The first-order valence-corrected chi connectivity index (χ1v) is 10.7. The molecule has 3 aromatic carbocycles. The minimum atomic E-state index is -0.530. The fourth-order valence-electron chi connectivity index (χ4n) is 3.27. The topological polar surface area (TPSA) is 88.2 Å². The molecule has 2 N–H and O–H groups in total. The molecule has 0 aliphatic carbocycles. The largest absolute Gasteiger partial charge is 0.497 e. The van der Waals surface area contributed by atoms with Gasteiger partial charge in [-0.25, -0.2) is 4.79 Å². The van der Waals surface area contributed by atoms with Gasteiger partial charge in [-0.1, -0.05) is 43.3 Å². The van der Waals surface area contributed by atoms with Gasteiger partial charge in [0.25, 0.3) is 0 Å². The van der Waals surface area contributed by atoms with E-state index < -0.39 is 10.9 Å². The monoisotopic (exact) mass is 436 g/mol. The van der Waals surface area contributed by atoms with Gasteiger partial charge in [-0.3, -0.25) is 9.32 Å². The van der Waals surface area contributed by atoms with E-state index in [-0.39, 0.29) is 5.91 Å². The second-order valence-electron chi connectivity index (χ2n) is 6.85. The Balaban J connectivity index is 1.58. The second-order valence-corrected chi connectivity index (χ2v) is 8.04. The van der Waals surface area contributed by atoms with Crippen molar-refractivity contribution >= 4 is 34.1 Å². The number of nitrogens with one attached hydrogen (secondary N) is 2. The van der Waals surface area contributed by atoms with Crippen LogP contribution in [0.25, 0.3) is 16.5 Å². The zero-order valence-corrected chi connectivity index (χ0v) is 17.9. The number of carbonyl (C=O) groups excluding carboxylic acids is 1. The number of aromatic amines is 1. The van der Waals surface area contributed by atoms with Crippen molar-refractivity contribution in [1.82, 2.24) is 5.27 Å². The van der Waals surface area contributed by atoms with E-state index in [0.29, 0.717) is 22.9 Å². The fraction of sp³-hybridized carbons (Fsp3) is 0.174. The number of rotatable bonds is 7. The van der Waals surface area contributed by atoms with Crippen molar-refractivity contribution in [1.29, 1.82) is 0 Å². The molecule has 0 radical (unpaired) electrons. The third-order valence-corrected chi connectivity index (χ3v) is 6.31. The molecule has 4 rings (SSSR count). The summed E-state index contributed by atoms with van der Waals surface area (Å²) in [6.45, 7) is 1.91. The molecule has 0 saturated heterocycles. The van der Waals surface area contributed by atoms with Crippen LogP contribution in [-0.4, -0.2) is 23.5 Å². The van der Waals surface area contributed by atoms with Crippen LogP contribution in [0.15, 0.2) is 81.1 Å². The van der Waals surface area contributed by atoms with Crippen LogP contribution in [0.2, 0.25) is 0 Å². The number of H-pyrrole nitrogens is 1. The van der Waals surface area contributed by atoms with E-state index >= 15 is 0 Å². The summed E-state index contributed by atoms with van der Waals surface area (Å²) in [4.78, 5) is 25.4. The molecule has 0 aliphatic rings. The van der Waals surface area contributed by atoms with Crippen molar-refractivity contribution in [2.24, 2.45) is 0 Å². The van der Waals surface area contributed by atoms with Crippen LogP contribution in [0.5, 0.6) is 5.75 Å². The highest BCUT2D eigenvalue weighted by Gasteiger charge is 2.30. The van der Waals surface area contributed by atoms with Gasteiger partial charge in [0.05, 0.1) is 12.4 Å². The van der Waals surface area contributed by atoms with Crippen LogP contribution in [0.4, 0.5) is 5.69 Å². The minimum Gasteiger partial charge on any atom is -0.497 e. The van der Waals surface area contributed by atoms with Gasteiger partial charge in [0, 0.05) is 23.2 Å². The Bertz CT molecular complexity index is 1260. The Morgan fingerprint density at radius 2 is 1.87 bits per heavy atom. The third-order valence-electron chi connectivity index (χ3n) is 4.90. The number of fused-ring (bicyclic) bond motifs is 1. The molecule has 31 heavy (non-hydrogen) atoms. The molecule has 1 heterocycles. The van der Waals surface area contributed by atoms with Gasteiger partial charge in [-0.05, 0) is 51.7 Å². The molecule has 0 bridgehead atoms. The number of thioether (sulfide) groups is 1. The lowest BCUT2D eigenvalue weighted by Crippen LogP contribution is -2.37. The Morgan fingerprint density at radius 3 is 2.61 bits per heavy atom. The molecule has 1 atom stereocenters. The number of ether oxygens (including phenoxy) is 1. The Kier molecular flexibility index (Phi) is 6.08. The Labute approximate surface area is 183 Å². The van der Waals surface area contributed by atoms with Crippen LogP contribution >= 0.6 is 11.8 Å². The molecule has 0 fully saturated rings. The molecule has 8 heteroatoms. The quantitative estimate of drug-likeness (QED) is 0.339. The van der Waals surface area contributed by atoms with Crippen molar-refractivity contribution in [3.63, 3.8) is 0 Å². The van der Waals surface area contributed by atoms with Crippen LogP contribution in [0.3, 0.4) is 0 Å². The molecular weight excluding hydrogens is 414 g/mol. The summed E-state index contributed by atoms with van der Waals surface area (Å²) in [5.41, 5.74) is 0.905. The number of benzene rings is 3. The fourth-order valence-corrected chi connectivity index (χ4v) is 4.26. The molecule has 1 aromatic heterocycles. The summed E-state index contributed by atoms with van der Waals surface area (Å²) >= 11 is 1.17. The number of anilines is 1. The van der Waals surface area contributed by atoms with E-state index in [0.717, 1.165) is 16.5 Å². The first-order chi connectivity index (χ1) is 15.1. The average molecular weight is 437 g/mol. The van der Waals surface area contributed by atoms with E-state index in [1.54, 1.807) is 31.4 Å². The molecule has 7 nitrogen and oxygen atoms in total. The van der Waals surface area contributed by atoms with Crippen molar-refractivity contribution < 1.29 is 18.7 Å². The molecule has 0 aliphatic heterocycles. The summed E-state index contributed by atoms with van der Waals surface area (Å²) in [6.07, 6.45) is 0.536. The summed E-state index contributed by atoms with van der Waals surface area (Å²) in [7, 11) is 1.59. The van der Waals surface area contributed by atoms with Gasteiger partial charge in [0.1, 0.15) is 5.75 Å². The zero-order chi connectivity index (χ0) is 21.8. The van der Waals surface area contributed by atoms with Crippen molar-refractivity contribution in [2.75, 3.05) is 12.4 Å². The van der Waals surface area contributed by atoms with Crippen LogP contribution < -0.4 is 20.4 Å². The highest BCUT2D eigenvalue weighted by atomic mass is 32.2. The lowest BCUT2D eigenvalue weighted by atomic mass is 10.1. The standard InChI is InChI=1S/C23H21N3O4S/c1-3-20(21(27)24-19-10-6-8-15-7-4-5-9-18(15)19)31-22-23(28)30-25-26(22)16-11-13-17(29-2)14-12-16/h4-14,20H,3H2,1-2H3,(H-,24,25,27,28)/p+1. The number of hydrogen-bond acceptors (Lipinski definition) is 5. The predicted octanol–water partition coefficient (Wildman–Crippen LogP) is 3.92. The summed E-state index contributed by atoms with van der Waals surface area (Å²) < 4.78 is 11.7. The molecule has 4 aromatic rings. The minimum absolute atomic E-state index is 0.175. The van der Waals surface area contributed by atoms with E-state index in [1.807, 2.05) is 49.4 Å². The number of carbonyl (C=O) groups is 1. The molecule has 0 saturated carbocycles. The van der Waals surface area contributed by atoms with Gasteiger partial charge in [-0.15, -0.1) is 0 Å². The molecule has 158 valence electrons. The average Bonchev–Trinajstić information content (AvgIpc) is 3.17. The first-order valence-electron chi connectivity index (χ1n) is 9.84. The predicted molar refractivity (Wildman–Crippen MR) is 120 cm³/mol.